The standard InChI is InChI=1S/C21H24N4O2S2/c1-12-13(2)29-20-18(12)19(26)23-17(24-20)11-28-14(3)21(27)25-10-4-5-16(25)15-6-8-22-9-7-15/h6-9,14,16H,4-5,10-11H2,1-3H3,(H,23,24,26). The van der Waals surface area contributed by atoms with Crippen LogP contribution in [0.1, 0.15) is 47.6 Å². The smallest absolute Gasteiger partial charge is 0.259 e. The molecular formula is C21H24N4O2S2. The molecule has 4 rings (SSSR count). The van der Waals surface area contributed by atoms with Gasteiger partial charge >= 0.3 is 0 Å². The zero-order valence-electron chi connectivity index (χ0n) is 16.8. The Morgan fingerprint density at radius 2 is 2.14 bits per heavy atom. The van der Waals surface area contributed by atoms with Gasteiger partial charge in [-0.15, -0.1) is 23.1 Å². The second-order valence-electron chi connectivity index (χ2n) is 7.40. The quantitative estimate of drug-likeness (QED) is 0.665. The molecule has 1 aliphatic heterocycles. The zero-order chi connectivity index (χ0) is 20.5. The van der Waals surface area contributed by atoms with Crippen molar-refractivity contribution in [1.29, 1.82) is 0 Å². The maximum absolute atomic E-state index is 13.1. The van der Waals surface area contributed by atoms with E-state index in [0.29, 0.717) is 17.0 Å². The van der Waals surface area contributed by atoms with Crippen molar-refractivity contribution in [2.24, 2.45) is 0 Å². The molecule has 1 saturated heterocycles. The summed E-state index contributed by atoms with van der Waals surface area (Å²) in [5, 5.41) is 0.480. The van der Waals surface area contributed by atoms with Crippen molar-refractivity contribution in [2.75, 3.05) is 6.54 Å². The fraction of sp³-hybridized carbons (Fsp3) is 0.429. The van der Waals surface area contributed by atoms with E-state index in [4.69, 9.17) is 0 Å². The maximum atomic E-state index is 13.1. The predicted octanol–water partition coefficient (Wildman–Crippen LogP) is 3.98. The number of aromatic nitrogens is 3. The number of thiophene rings is 1. The van der Waals surface area contributed by atoms with E-state index in [0.717, 1.165) is 40.2 Å². The van der Waals surface area contributed by atoms with E-state index in [2.05, 4.69) is 15.0 Å². The lowest BCUT2D eigenvalue weighted by Gasteiger charge is -2.27. The van der Waals surface area contributed by atoms with Crippen LogP contribution in [0.3, 0.4) is 0 Å². The molecule has 0 saturated carbocycles. The molecule has 4 heterocycles. The number of hydrogen-bond donors (Lipinski definition) is 1. The number of pyridine rings is 1. The number of nitrogens with one attached hydrogen (secondary N) is 1. The molecule has 1 amide bonds. The summed E-state index contributed by atoms with van der Waals surface area (Å²) in [5.41, 5.74) is 2.05. The van der Waals surface area contributed by atoms with Gasteiger partial charge in [0.1, 0.15) is 10.7 Å². The molecule has 8 heteroatoms. The second kappa shape index (κ2) is 8.28. The Bertz CT molecular complexity index is 1090. The van der Waals surface area contributed by atoms with Gasteiger partial charge in [0, 0.05) is 23.8 Å². The van der Waals surface area contributed by atoms with Gasteiger partial charge < -0.3 is 9.88 Å². The number of hydrogen-bond acceptors (Lipinski definition) is 6. The molecule has 2 atom stereocenters. The summed E-state index contributed by atoms with van der Waals surface area (Å²) in [6, 6.07) is 4.10. The van der Waals surface area contributed by atoms with E-state index in [1.165, 1.54) is 11.8 Å². The number of amides is 1. The number of fused-ring (bicyclic) bond motifs is 1. The average Bonchev–Trinajstić information content (AvgIpc) is 3.31. The molecule has 1 fully saturated rings. The van der Waals surface area contributed by atoms with Crippen molar-refractivity contribution in [2.45, 2.75) is 50.7 Å². The number of rotatable bonds is 5. The molecule has 152 valence electrons. The monoisotopic (exact) mass is 428 g/mol. The Kier molecular flexibility index (Phi) is 5.74. The first kappa shape index (κ1) is 20.1. The maximum Gasteiger partial charge on any atom is 0.259 e. The summed E-state index contributed by atoms with van der Waals surface area (Å²) in [4.78, 5) is 41.0. The number of aromatic amines is 1. The van der Waals surface area contributed by atoms with Crippen LogP contribution in [-0.4, -0.2) is 37.6 Å². The third kappa shape index (κ3) is 3.96. The van der Waals surface area contributed by atoms with Crippen molar-refractivity contribution in [3.8, 4) is 0 Å². The highest BCUT2D eigenvalue weighted by molar-refractivity contribution is 7.99. The number of carbonyl (C=O) groups excluding carboxylic acids is 1. The minimum absolute atomic E-state index is 0.0938. The lowest BCUT2D eigenvalue weighted by molar-refractivity contribution is -0.131. The van der Waals surface area contributed by atoms with Crippen LogP contribution >= 0.6 is 23.1 Å². The van der Waals surface area contributed by atoms with Crippen LogP contribution in [0.5, 0.6) is 0 Å². The largest absolute Gasteiger partial charge is 0.335 e. The highest BCUT2D eigenvalue weighted by atomic mass is 32.2. The minimum Gasteiger partial charge on any atom is -0.335 e. The molecule has 6 nitrogen and oxygen atoms in total. The fourth-order valence-electron chi connectivity index (χ4n) is 3.84. The second-order valence-corrected chi connectivity index (χ2v) is 9.93. The lowest BCUT2D eigenvalue weighted by atomic mass is 10.1. The Morgan fingerprint density at radius 1 is 1.38 bits per heavy atom. The van der Waals surface area contributed by atoms with Crippen LogP contribution < -0.4 is 5.56 Å². The number of thioether (sulfide) groups is 1. The van der Waals surface area contributed by atoms with Gasteiger partial charge in [0.25, 0.3) is 5.56 Å². The van der Waals surface area contributed by atoms with Crippen LogP contribution in [0.25, 0.3) is 10.2 Å². The molecule has 0 bridgehead atoms. The van der Waals surface area contributed by atoms with Crippen LogP contribution in [0, 0.1) is 13.8 Å². The van der Waals surface area contributed by atoms with Crippen molar-refractivity contribution in [1.82, 2.24) is 19.9 Å². The molecule has 2 unspecified atom stereocenters. The van der Waals surface area contributed by atoms with E-state index >= 15 is 0 Å². The van der Waals surface area contributed by atoms with Crippen LogP contribution in [0.2, 0.25) is 0 Å². The summed E-state index contributed by atoms with van der Waals surface area (Å²) in [5.74, 6) is 1.27. The van der Waals surface area contributed by atoms with E-state index in [1.54, 1.807) is 23.7 Å². The third-order valence-corrected chi connectivity index (χ3v) is 7.78. The van der Waals surface area contributed by atoms with Gasteiger partial charge in [-0.05, 0) is 56.9 Å². The van der Waals surface area contributed by atoms with E-state index < -0.39 is 0 Å². The highest BCUT2D eigenvalue weighted by Crippen LogP contribution is 2.34. The summed E-state index contributed by atoms with van der Waals surface area (Å²) in [7, 11) is 0. The van der Waals surface area contributed by atoms with Crippen molar-refractivity contribution < 1.29 is 4.79 Å². The topological polar surface area (TPSA) is 79.0 Å². The molecule has 1 aliphatic rings. The normalized spacial score (nSPS) is 17.8. The van der Waals surface area contributed by atoms with Crippen molar-refractivity contribution in [3.63, 3.8) is 0 Å². The lowest BCUT2D eigenvalue weighted by Crippen LogP contribution is -2.36. The fourth-order valence-corrected chi connectivity index (χ4v) is 5.71. The molecule has 0 aromatic carbocycles. The highest BCUT2D eigenvalue weighted by Gasteiger charge is 2.32. The molecule has 3 aromatic heterocycles. The molecule has 0 spiro atoms. The van der Waals surface area contributed by atoms with Gasteiger partial charge in [-0.1, -0.05) is 0 Å². The average molecular weight is 429 g/mol. The minimum atomic E-state index is -0.203. The predicted molar refractivity (Wildman–Crippen MR) is 118 cm³/mol. The first-order valence-corrected chi connectivity index (χ1v) is 11.6. The van der Waals surface area contributed by atoms with Gasteiger partial charge in [-0.3, -0.25) is 14.6 Å². The van der Waals surface area contributed by atoms with E-state index in [1.807, 2.05) is 37.8 Å². The van der Waals surface area contributed by atoms with Crippen molar-refractivity contribution >= 4 is 39.2 Å². The summed E-state index contributed by atoms with van der Waals surface area (Å²) < 4.78 is 0. The first-order chi connectivity index (χ1) is 14.0. The van der Waals surface area contributed by atoms with Crippen molar-refractivity contribution in [3.05, 3.63) is 56.7 Å². The van der Waals surface area contributed by atoms with Gasteiger partial charge in [0.15, 0.2) is 0 Å². The SMILES string of the molecule is Cc1sc2nc(CSC(C)C(=O)N3CCCC3c3ccncc3)[nH]c(=O)c2c1C. The summed E-state index contributed by atoms with van der Waals surface area (Å²) >= 11 is 3.06. The van der Waals surface area contributed by atoms with Crippen LogP contribution in [0.4, 0.5) is 0 Å². The van der Waals surface area contributed by atoms with E-state index in [9.17, 15) is 9.59 Å². The molecule has 1 N–H and O–H groups in total. The molecule has 0 aliphatic carbocycles. The van der Waals surface area contributed by atoms with Gasteiger partial charge in [0.05, 0.1) is 22.4 Å². The number of aryl methyl sites for hydroxylation is 2. The first-order valence-electron chi connectivity index (χ1n) is 9.76. The number of carbonyl (C=O) groups is 1. The summed E-state index contributed by atoms with van der Waals surface area (Å²) in [6.07, 6.45) is 5.55. The summed E-state index contributed by atoms with van der Waals surface area (Å²) in [6.45, 7) is 6.68. The van der Waals surface area contributed by atoms with Gasteiger partial charge in [0.2, 0.25) is 5.91 Å². The van der Waals surface area contributed by atoms with Gasteiger partial charge in [-0.2, -0.15) is 0 Å². The third-order valence-electron chi connectivity index (χ3n) is 5.53. The van der Waals surface area contributed by atoms with Crippen LogP contribution in [0.15, 0.2) is 29.3 Å². The number of H-pyrrole nitrogens is 1. The van der Waals surface area contributed by atoms with E-state index in [-0.39, 0.29) is 22.8 Å². The molecule has 0 radical (unpaired) electrons. The Morgan fingerprint density at radius 3 is 2.90 bits per heavy atom. The number of likely N-dealkylation sites (tertiary alicyclic amines) is 1. The Hall–Kier alpha value is -2.19. The Labute approximate surface area is 177 Å². The molecule has 29 heavy (non-hydrogen) atoms. The Balaban J connectivity index is 1.45. The van der Waals surface area contributed by atoms with Gasteiger partial charge in [-0.25, -0.2) is 4.98 Å². The molecule has 3 aromatic rings. The number of nitrogens with zero attached hydrogens (tertiary/aromatic N) is 3. The zero-order valence-corrected chi connectivity index (χ0v) is 18.4. The molecular weight excluding hydrogens is 404 g/mol. The van der Waals surface area contributed by atoms with Crippen LogP contribution in [-0.2, 0) is 10.5 Å².